The predicted octanol–water partition coefficient (Wildman–Crippen LogP) is 0.723. The molecule has 0 N–H and O–H groups in total. The smallest absolute Gasteiger partial charge is 0.225 e. The van der Waals surface area contributed by atoms with Gasteiger partial charge in [0.05, 0.1) is 0 Å². The van der Waals surface area contributed by atoms with Crippen LogP contribution in [0.3, 0.4) is 0 Å². The number of hydrogen-bond acceptors (Lipinski definition) is 2. The molecule has 2 saturated carbocycles. The van der Waals surface area contributed by atoms with Crippen molar-refractivity contribution in [3.63, 3.8) is 0 Å². The van der Waals surface area contributed by atoms with E-state index in [1.165, 1.54) is 6.42 Å². The molecule has 4 heteroatoms. The maximum Gasteiger partial charge on any atom is 0.225 e. The first-order valence-electron chi connectivity index (χ1n) is 6.69. The van der Waals surface area contributed by atoms with Gasteiger partial charge in [0.25, 0.3) is 0 Å². The van der Waals surface area contributed by atoms with Crippen LogP contribution in [0.2, 0.25) is 0 Å². The molecule has 1 saturated heterocycles. The Bertz CT molecular complexity index is 337. The Hall–Kier alpha value is -1.06. The Kier molecular flexibility index (Phi) is 2.60. The highest BCUT2D eigenvalue weighted by molar-refractivity contribution is 5.80. The van der Waals surface area contributed by atoms with Crippen LogP contribution in [0, 0.1) is 17.8 Å². The predicted molar refractivity (Wildman–Crippen MR) is 63.2 cm³/mol. The molecule has 0 aromatic carbocycles. The summed E-state index contributed by atoms with van der Waals surface area (Å²) in [6.45, 7) is 4.47. The molecular weight excluding hydrogens is 216 g/mol. The van der Waals surface area contributed by atoms with Gasteiger partial charge >= 0.3 is 0 Å². The first kappa shape index (κ1) is 11.1. The number of amides is 2. The molecule has 3 aliphatic rings. The van der Waals surface area contributed by atoms with Crippen LogP contribution in [-0.2, 0) is 9.59 Å². The molecule has 94 valence electrons. The third-order valence-electron chi connectivity index (χ3n) is 4.63. The third kappa shape index (κ3) is 2.05. The van der Waals surface area contributed by atoms with Crippen LogP contribution in [0.1, 0.15) is 26.2 Å². The van der Waals surface area contributed by atoms with E-state index in [4.69, 9.17) is 0 Å². The number of nitrogens with zero attached hydrogens (tertiary/aromatic N) is 2. The molecule has 0 aromatic rings. The highest BCUT2D eigenvalue weighted by Crippen LogP contribution is 2.54. The minimum absolute atomic E-state index is 0.124. The van der Waals surface area contributed by atoms with Crippen LogP contribution in [0.4, 0.5) is 0 Å². The van der Waals surface area contributed by atoms with Gasteiger partial charge in [-0.1, -0.05) is 0 Å². The number of carbonyl (C=O) groups is 2. The fourth-order valence-electron chi connectivity index (χ4n) is 3.42. The van der Waals surface area contributed by atoms with Gasteiger partial charge in [0.15, 0.2) is 0 Å². The van der Waals surface area contributed by atoms with E-state index in [9.17, 15) is 9.59 Å². The van der Waals surface area contributed by atoms with Crippen LogP contribution in [-0.4, -0.2) is 47.8 Å². The average molecular weight is 236 g/mol. The monoisotopic (exact) mass is 236 g/mol. The molecule has 3 rings (SSSR count). The maximum atomic E-state index is 12.3. The molecule has 0 radical (unpaired) electrons. The lowest BCUT2D eigenvalue weighted by Crippen LogP contribution is -2.51. The van der Waals surface area contributed by atoms with Gasteiger partial charge in [-0.05, 0) is 31.1 Å². The number of hydrogen-bond donors (Lipinski definition) is 0. The Morgan fingerprint density at radius 1 is 0.882 bits per heavy atom. The Balaban J connectivity index is 1.52. The lowest BCUT2D eigenvalue weighted by atomic mass is 10.0. The van der Waals surface area contributed by atoms with Gasteiger partial charge in [0.2, 0.25) is 11.8 Å². The second-order valence-electron chi connectivity index (χ2n) is 5.76. The Labute approximate surface area is 102 Å². The molecule has 4 nitrogen and oxygen atoms in total. The number of rotatable bonds is 1. The summed E-state index contributed by atoms with van der Waals surface area (Å²) >= 11 is 0. The average Bonchev–Trinajstić information content (AvgIpc) is 2.95. The second-order valence-corrected chi connectivity index (χ2v) is 5.76. The van der Waals surface area contributed by atoms with Crippen LogP contribution in [0.25, 0.3) is 0 Å². The molecule has 1 aliphatic heterocycles. The summed E-state index contributed by atoms with van der Waals surface area (Å²) in [4.78, 5) is 27.3. The van der Waals surface area contributed by atoms with Gasteiger partial charge in [0, 0.05) is 39.0 Å². The molecule has 0 bridgehead atoms. The van der Waals surface area contributed by atoms with Crippen LogP contribution < -0.4 is 0 Å². The first-order chi connectivity index (χ1) is 8.15. The van der Waals surface area contributed by atoms with E-state index in [0.29, 0.717) is 24.9 Å². The van der Waals surface area contributed by atoms with Crippen molar-refractivity contribution >= 4 is 11.8 Å². The van der Waals surface area contributed by atoms with Crippen molar-refractivity contribution in [3.8, 4) is 0 Å². The lowest BCUT2D eigenvalue weighted by Gasteiger charge is -2.35. The van der Waals surface area contributed by atoms with E-state index < -0.39 is 0 Å². The minimum Gasteiger partial charge on any atom is -0.339 e. The molecule has 17 heavy (non-hydrogen) atoms. The molecule has 2 aliphatic carbocycles. The molecular formula is C13H20N2O2. The lowest BCUT2D eigenvalue weighted by molar-refractivity contribution is -0.141. The molecule has 2 unspecified atom stereocenters. The highest BCUT2D eigenvalue weighted by Gasteiger charge is 2.48. The van der Waals surface area contributed by atoms with E-state index >= 15 is 0 Å². The third-order valence-corrected chi connectivity index (χ3v) is 4.63. The van der Waals surface area contributed by atoms with Crippen molar-refractivity contribution in [2.75, 3.05) is 26.2 Å². The second kappa shape index (κ2) is 4.00. The summed E-state index contributed by atoms with van der Waals surface area (Å²) in [6, 6.07) is 0. The van der Waals surface area contributed by atoms with Crippen molar-refractivity contribution < 1.29 is 9.59 Å². The van der Waals surface area contributed by atoms with E-state index in [-0.39, 0.29) is 5.91 Å². The van der Waals surface area contributed by atoms with Gasteiger partial charge in [0.1, 0.15) is 0 Å². The number of carbonyl (C=O) groups excluding carboxylic acids is 2. The van der Waals surface area contributed by atoms with Gasteiger partial charge in [-0.2, -0.15) is 0 Å². The van der Waals surface area contributed by atoms with Crippen molar-refractivity contribution in [2.45, 2.75) is 26.2 Å². The number of fused-ring (bicyclic) bond motifs is 1. The minimum atomic E-state index is 0.124. The molecule has 2 amide bonds. The van der Waals surface area contributed by atoms with Crippen molar-refractivity contribution in [1.29, 1.82) is 0 Å². The summed E-state index contributed by atoms with van der Waals surface area (Å²) in [5.74, 6) is 2.49. The van der Waals surface area contributed by atoms with Gasteiger partial charge in [-0.15, -0.1) is 0 Å². The molecule has 0 spiro atoms. The summed E-state index contributed by atoms with van der Waals surface area (Å²) in [5, 5.41) is 0. The molecule has 2 atom stereocenters. The maximum absolute atomic E-state index is 12.3. The summed E-state index contributed by atoms with van der Waals surface area (Å²) < 4.78 is 0. The van der Waals surface area contributed by atoms with Crippen LogP contribution in [0.15, 0.2) is 0 Å². The fourth-order valence-corrected chi connectivity index (χ4v) is 3.42. The Morgan fingerprint density at radius 2 is 1.41 bits per heavy atom. The summed E-state index contributed by atoms with van der Waals surface area (Å²) in [5.41, 5.74) is 0. The fraction of sp³-hybridized carbons (Fsp3) is 0.846. The zero-order valence-corrected chi connectivity index (χ0v) is 10.4. The van der Waals surface area contributed by atoms with Crippen molar-refractivity contribution in [3.05, 3.63) is 0 Å². The number of piperazine rings is 1. The normalized spacial score (nSPS) is 35.7. The van der Waals surface area contributed by atoms with Crippen molar-refractivity contribution in [1.82, 2.24) is 9.80 Å². The molecule has 0 aromatic heterocycles. The molecule has 1 heterocycles. The zero-order valence-electron chi connectivity index (χ0n) is 10.4. The van der Waals surface area contributed by atoms with E-state index in [0.717, 1.165) is 37.8 Å². The topological polar surface area (TPSA) is 40.6 Å². The largest absolute Gasteiger partial charge is 0.339 e. The van der Waals surface area contributed by atoms with Crippen molar-refractivity contribution in [2.24, 2.45) is 17.8 Å². The Morgan fingerprint density at radius 3 is 1.94 bits per heavy atom. The SMILES string of the molecule is CC(=O)N1CCN(C(=O)C2CC3CC3C2)CC1. The van der Waals surface area contributed by atoms with Gasteiger partial charge in [-0.3, -0.25) is 9.59 Å². The molecule has 3 fully saturated rings. The summed E-state index contributed by atoms with van der Waals surface area (Å²) in [7, 11) is 0. The zero-order chi connectivity index (χ0) is 12.0. The quantitative estimate of drug-likeness (QED) is 0.673. The van der Waals surface area contributed by atoms with Gasteiger partial charge < -0.3 is 9.80 Å². The standard InChI is InChI=1S/C13H20N2O2/c1-9(16)14-2-4-15(5-3-14)13(17)12-7-10-6-11(10)8-12/h10-12H,2-8H2,1H3. The van der Waals surface area contributed by atoms with Gasteiger partial charge in [-0.25, -0.2) is 0 Å². The van der Waals surface area contributed by atoms with E-state index in [2.05, 4.69) is 0 Å². The highest BCUT2D eigenvalue weighted by atomic mass is 16.2. The van der Waals surface area contributed by atoms with E-state index in [1.807, 2.05) is 9.80 Å². The summed E-state index contributed by atoms with van der Waals surface area (Å²) in [6.07, 6.45) is 3.61. The van der Waals surface area contributed by atoms with Crippen LogP contribution >= 0.6 is 0 Å². The van der Waals surface area contributed by atoms with E-state index in [1.54, 1.807) is 6.92 Å². The van der Waals surface area contributed by atoms with Crippen LogP contribution in [0.5, 0.6) is 0 Å². The first-order valence-corrected chi connectivity index (χ1v) is 6.69.